The second-order valence-corrected chi connectivity index (χ2v) is 7.96. The summed E-state index contributed by atoms with van der Waals surface area (Å²) in [5.41, 5.74) is -5.83. The van der Waals surface area contributed by atoms with Crippen molar-refractivity contribution in [1.82, 2.24) is 0 Å². The number of nitrogens with zero attached hydrogens (tertiary/aromatic N) is 3. The van der Waals surface area contributed by atoms with Gasteiger partial charge in [0.05, 0.1) is 29.7 Å². The van der Waals surface area contributed by atoms with Crippen LogP contribution in [0.1, 0.15) is 36.1 Å². The number of hydrogen-bond acceptors (Lipinski definition) is 6. The topological polar surface area (TPSA) is 114 Å². The zero-order chi connectivity index (χ0) is 24.1. The maximum atomic E-state index is 13.9. The number of fused-ring (bicyclic) bond motifs is 2. The van der Waals surface area contributed by atoms with Gasteiger partial charge in [-0.05, 0) is 18.1 Å². The molecule has 2 bridgehead atoms. The van der Waals surface area contributed by atoms with Gasteiger partial charge in [0.15, 0.2) is 5.41 Å². The maximum Gasteiger partial charge on any atom is 0.416 e. The van der Waals surface area contributed by atoms with E-state index in [-0.39, 0.29) is 6.42 Å². The Kier molecular flexibility index (Phi) is 4.96. The molecular weight excluding hydrogens is 433 g/mol. The molecule has 0 saturated carbocycles. The first-order valence-electron chi connectivity index (χ1n) is 10.1. The van der Waals surface area contributed by atoms with Crippen LogP contribution >= 0.6 is 0 Å². The van der Waals surface area contributed by atoms with Crippen molar-refractivity contribution >= 4 is 5.90 Å². The first kappa shape index (κ1) is 22.3. The van der Waals surface area contributed by atoms with E-state index in [0.717, 1.165) is 12.1 Å². The maximum absolute atomic E-state index is 13.9. The highest BCUT2D eigenvalue weighted by atomic mass is 19.4. The van der Waals surface area contributed by atoms with Crippen LogP contribution in [-0.2, 0) is 21.4 Å². The molecule has 166 valence electrons. The lowest BCUT2D eigenvalue weighted by Gasteiger charge is -2.50. The van der Waals surface area contributed by atoms with Gasteiger partial charge in [-0.25, -0.2) is 0 Å². The molecule has 2 aromatic rings. The average Bonchev–Trinajstić information content (AvgIpc) is 3.03. The molecular formula is C24H17F3N4O2. The Morgan fingerprint density at radius 2 is 1.58 bits per heavy atom. The summed E-state index contributed by atoms with van der Waals surface area (Å²) in [5.74, 6) is -3.50. The Hall–Kier alpha value is -3.87. The summed E-state index contributed by atoms with van der Waals surface area (Å²) in [5, 5.41) is 39.4. The monoisotopic (exact) mass is 450 g/mol. The number of ether oxygens (including phenoxy) is 2. The van der Waals surface area contributed by atoms with Gasteiger partial charge in [-0.15, -0.1) is 0 Å². The minimum absolute atomic E-state index is 0.156. The number of alkyl halides is 3. The van der Waals surface area contributed by atoms with Crippen LogP contribution in [0.15, 0.2) is 54.6 Å². The molecule has 4 atom stereocenters. The highest BCUT2D eigenvalue weighted by molar-refractivity contribution is 5.89. The Bertz CT molecular complexity index is 1230. The fraction of sp³-hybridized carbons (Fsp3) is 0.333. The zero-order valence-corrected chi connectivity index (χ0v) is 17.3. The van der Waals surface area contributed by atoms with Crippen LogP contribution < -0.4 is 0 Å². The largest absolute Gasteiger partial charge is 0.443 e. The summed E-state index contributed by atoms with van der Waals surface area (Å²) in [6.07, 6.45) is -6.48. The van der Waals surface area contributed by atoms with Crippen LogP contribution in [0.5, 0.6) is 0 Å². The Balaban J connectivity index is 2.11. The molecule has 1 N–H and O–H groups in total. The molecule has 2 aromatic carbocycles. The molecule has 0 aliphatic carbocycles. The second kappa shape index (κ2) is 7.33. The van der Waals surface area contributed by atoms with Gasteiger partial charge in [-0.1, -0.05) is 55.5 Å². The van der Waals surface area contributed by atoms with Crippen molar-refractivity contribution in [3.8, 4) is 18.2 Å². The first-order valence-corrected chi connectivity index (χ1v) is 10.1. The molecule has 6 nitrogen and oxygen atoms in total. The summed E-state index contributed by atoms with van der Waals surface area (Å²) < 4.78 is 53.8. The van der Waals surface area contributed by atoms with Crippen molar-refractivity contribution < 1.29 is 22.6 Å². The molecule has 2 aliphatic heterocycles. The number of hydrogen-bond donors (Lipinski definition) is 1. The van der Waals surface area contributed by atoms with Gasteiger partial charge in [0.1, 0.15) is 6.10 Å². The number of rotatable bonds is 3. The lowest BCUT2D eigenvalue weighted by atomic mass is 9.52. The number of nitrogens with one attached hydrogen (secondary N) is 1. The summed E-state index contributed by atoms with van der Waals surface area (Å²) >= 11 is 0. The zero-order valence-electron chi connectivity index (χ0n) is 17.3. The van der Waals surface area contributed by atoms with Crippen molar-refractivity contribution in [3.63, 3.8) is 0 Å². The Morgan fingerprint density at radius 3 is 2.12 bits per heavy atom. The summed E-state index contributed by atoms with van der Waals surface area (Å²) in [6.45, 7) is 1.68. The molecule has 2 saturated heterocycles. The van der Waals surface area contributed by atoms with E-state index >= 15 is 0 Å². The lowest BCUT2D eigenvalue weighted by molar-refractivity contribution is -0.293. The number of nitriles is 3. The summed E-state index contributed by atoms with van der Waals surface area (Å²) in [4.78, 5) is 0. The molecule has 0 aromatic heterocycles. The molecule has 0 spiro atoms. The van der Waals surface area contributed by atoms with Gasteiger partial charge >= 0.3 is 6.18 Å². The van der Waals surface area contributed by atoms with Crippen molar-refractivity contribution in [2.24, 2.45) is 16.7 Å². The standard InChI is InChI=1S/C24H17F3N4O2/c1-2-18-22(14-30)20(31)33-23(18,15-8-4-3-5-9-15)32-19(21(22,12-28)13-29)16-10-6-7-11-17(16)24(25,26)27/h3-11,18-19,31H,2H2,1H3. The van der Waals surface area contributed by atoms with E-state index in [1.165, 1.54) is 12.1 Å². The Labute approximate surface area is 187 Å². The van der Waals surface area contributed by atoms with Crippen LogP contribution in [0.4, 0.5) is 13.2 Å². The van der Waals surface area contributed by atoms with Crippen molar-refractivity contribution in [2.75, 3.05) is 0 Å². The fourth-order valence-corrected chi connectivity index (χ4v) is 5.17. The molecule has 4 unspecified atom stereocenters. The molecule has 0 radical (unpaired) electrons. The van der Waals surface area contributed by atoms with Gasteiger partial charge in [0.2, 0.25) is 17.1 Å². The Morgan fingerprint density at radius 1 is 0.970 bits per heavy atom. The predicted octanol–water partition coefficient (Wildman–Crippen LogP) is 5.21. The van der Waals surface area contributed by atoms with E-state index in [1.54, 1.807) is 49.4 Å². The van der Waals surface area contributed by atoms with Gasteiger partial charge in [-0.3, -0.25) is 5.41 Å². The van der Waals surface area contributed by atoms with E-state index < -0.39 is 51.8 Å². The van der Waals surface area contributed by atoms with Gasteiger partial charge in [0.25, 0.3) is 0 Å². The van der Waals surface area contributed by atoms with E-state index in [4.69, 9.17) is 14.9 Å². The second-order valence-electron chi connectivity index (χ2n) is 7.96. The smallest absolute Gasteiger partial charge is 0.416 e. The first-order chi connectivity index (χ1) is 15.7. The fourth-order valence-electron chi connectivity index (χ4n) is 5.17. The van der Waals surface area contributed by atoms with Crippen LogP contribution in [0.25, 0.3) is 0 Å². The molecule has 9 heteroatoms. The van der Waals surface area contributed by atoms with E-state index in [0.29, 0.717) is 5.56 Å². The van der Waals surface area contributed by atoms with E-state index in [1.807, 2.05) is 6.07 Å². The van der Waals surface area contributed by atoms with Crippen LogP contribution in [0.2, 0.25) is 0 Å². The third-order valence-electron chi connectivity index (χ3n) is 6.56. The molecule has 4 rings (SSSR count). The third kappa shape index (κ3) is 2.65. The van der Waals surface area contributed by atoms with E-state index in [9.17, 15) is 29.0 Å². The normalized spacial score (nSPS) is 29.9. The van der Waals surface area contributed by atoms with Gasteiger partial charge in [0, 0.05) is 5.56 Å². The minimum Gasteiger partial charge on any atom is -0.443 e. The third-order valence-corrected chi connectivity index (χ3v) is 6.56. The van der Waals surface area contributed by atoms with Crippen LogP contribution in [0.3, 0.4) is 0 Å². The minimum atomic E-state index is -4.81. The number of benzene rings is 2. The number of halogens is 3. The summed E-state index contributed by atoms with van der Waals surface area (Å²) in [6, 6.07) is 18.2. The highest BCUT2D eigenvalue weighted by Gasteiger charge is 2.80. The van der Waals surface area contributed by atoms with Crippen LogP contribution in [0, 0.1) is 56.2 Å². The van der Waals surface area contributed by atoms with Crippen LogP contribution in [-0.4, -0.2) is 5.90 Å². The van der Waals surface area contributed by atoms with Crippen molar-refractivity contribution in [1.29, 1.82) is 21.2 Å². The lowest BCUT2D eigenvalue weighted by Crippen LogP contribution is -2.58. The van der Waals surface area contributed by atoms with Gasteiger partial charge < -0.3 is 9.47 Å². The van der Waals surface area contributed by atoms with Gasteiger partial charge in [-0.2, -0.15) is 29.0 Å². The predicted molar refractivity (Wildman–Crippen MR) is 108 cm³/mol. The van der Waals surface area contributed by atoms with Crippen molar-refractivity contribution in [2.45, 2.75) is 31.4 Å². The quantitative estimate of drug-likeness (QED) is 0.690. The highest BCUT2D eigenvalue weighted by Crippen LogP contribution is 2.70. The molecule has 2 heterocycles. The molecule has 2 fully saturated rings. The van der Waals surface area contributed by atoms with Crippen molar-refractivity contribution in [3.05, 3.63) is 71.3 Å². The summed E-state index contributed by atoms with van der Waals surface area (Å²) in [7, 11) is 0. The average molecular weight is 450 g/mol. The molecule has 2 aliphatic rings. The molecule has 33 heavy (non-hydrogen) atoms. The van der Waals surface area contributed by atoms with E-state index in [2.05, 4.69) is 0 Å². The SMILES string of the molecule is CCC1C2(c3ccccc3)OC(=N)C1(C#N)C(C#N)(C#N)C(c1ccccc1C(F)(F)F)O2. The molecule has 0 amide bonds.